The number of nitrogens with zero attached hydrogens (tertiary/aromatic N) is 1. The number of phenols is 1. The highest BCUT2D eigenvalue weighted by Gasteiger charge is 2.15. The fourth-order valence-corrected chi connectivity index (χ4v) is 3.14. The highest BCUT2D eigenvalue weighted by molar-refractivity contribution is 5.92. The molecule has 0 atom stereocenters. The Bertz CT molecular complexity index is 1070. The van der Waals surface area contributed by atoms with E-state index in [4.69, 9.17) is 9.15 Å². The number of aromatic hydroxyl groups is 1. The van der Waals surface area contributed by atoms with Gasteiger partial charge in [-0.2, -0.15) is 0 Å². The van der Waals surface area contributed by atoms with Gasteiger partial charge in [-0.15, -0.1) is 0 Å². The summed E-state index contributed by atoms with van der Waals surface area (Å²) in [4.78, 5) is 26.4. The molecule has 0 radical (unpaired) electrons. The Hall–Kier alpha value is -3.32. The number of ether oxygens (including phenoxy) is 1. The number of carbonyl (C=O) groups excluding carboxylic acids is 1. The van der Waals surface area contributed by atoms with Crippen LogP contribution in [0.15, 0.2) is 51.7 Å². The van der Waals surface area contributed by atoms with Crippen LogP contribution in [-0.4, -0.2) is 36.1 Å². The van der Waals surface area contributed by atoms with E-state index in [1.807, 2.05) is 11.8 Å². The van der Waals surface area contributed by atoms with Gasteiger partial charge in [-0.3, -0.25) is 9.69 Å². The van der Waals surface area contributed by atoms with Crippen LogP contribution < -0.4 is 15.7 Å². The van der Waals surface area contributed by atoms with Gasteiger partial charge in [-0.1, -0.05) is 6.92 Å². The Morgan fingerprint density at radius 1 is 1.21 bits per heavy atom. The Kier molecular flexibility index (Phi) is 6.19. The zero-order valence-electron chi connectivity index (χ0n) is 16.7. The van der Waals surface area contributed by atoms with E-state index in [0.29, 0.717) is 35.7 Å². The highest BCUT2D eigenvalue weighted by atomic mass is 16.5. The molecule has 0 saturated carbocycles. The van der Waals surface area contributed by atoms with Crippen molar-refractivity contribution in [3.8, 4) is 11.5 Å². The SMILES string of the molecule is CCN(CC(=O)Nc1ccc(OC)cc1)Cc1cc(=O)oc2c(C)c(O)ccc12. The Balaban J connectivity index is 1.76. The molecular weight excluding hydrogens is 372 g/mol. The molecule has 3 rings (SSSR count). The van der Waals surface area contributed by atoms with Gasteiger partial charge in [0.2, 0.25) is 5.91 Å². The summed E-state index contributed by atoms with van der Waals surface area (Å²) in [6, 6.07) is 11.8. The van der Waals surface area contributed by atoms with Crippen LogP contribution in [0.5, 0.6) is 11.5 Å². The molecule has 0 fully saturated rings. The third-order valence-electron chi connectivity index (χ3n) is 4.80. The number of amides is 1. The third kappa shape index (κ3) is 4.75. The van der Waals surface area contributed by atoms with Gasteiger partial charge in [-0.05, 0) is 55.4 Å². The lowest BCUT2D eigenvalue weighted by molar-refractivity contribution is -0.117. The summed E-state index contributed by atoms with van der Waals surface area (Å²) in [6.07, 6.45) is 0. The van der Waals surface area contributed by atoms with Crippen LogP contribution in [-0.2, 0) is 11.3 Å². The van der Waals surface area contributed by atoms with Crippen molar-refractivity contribution in [2.75, 3.05) is 25.5 Å². The lowest BCUT2D eigenvalue weighted by atomic mass is 10.1. The van der Waals surface area contributed by atoms with Gasteiger partial charge in [0.1, 0.15) is 17.1 Å². The van der Waals surface area contributed by atoms with Crippen molar-refractivity contribution in [2.45, 2.75) is 20.4 Å². The van der Waals surface area contributed by atoms with Crippen molar-refractivity contribution in [1.82, 2.24) is 4.90 Å². The number of fused-ring (bicyclic) bond motifs is 1. The van der Waals surface area contributed by atoms with Gasteiger partial charge in [0.05, 0.1) is 13.7 Å². The number of likely N-dealkylation sites (N-methyl/N-ethyl adjacent to an activating group) is 1. The molecule has 0 bridgehead atoms. The van der Waals surface area contributed by atoms with Crippen LogP contribution >= 0.6 is 0 Å². The van der Waals surface area contributed by atoms with Gasteiger partial charge in [0.15, 0.2) is 0 Å². The maximum absolute atomic E-state index is 12.5. The molecule has 1 heterocycles. The minimum Gasteiger partial charge on any atom is -0.508 e. The van der Waals surface area contributed by atoms with E-state index < -0.39 is 5.63 Å². The molecule has 2 N–H and O–H groups in total. The zero-order chi connectivity index (χ0) is 21.0. The van der Waals surface area contributed by atoms with Gasteiger partial charge < -0.3 is 19.6 Å². The van der Waals surface area contributed by atoms with Crippen molar-refractivity contribution in [2.24, 2.45) is 0 Å². The average Bonchev–Trinajstić information content (AvgIpc) is 2.71. The molecule has 152 valence electrons. The molecule has 2 aromatic carbocycles. The van der Waals surface area contributed by atoms with E-state index in [-0.39, 0.29) is 18.2 Å². The molecule has 1 amide bonds. The number of nitrogens with one attached hydrogen (secondary N) is 1. The monoisotopic (exact) mass is 396 g/mol. The lowest BCUT2D eigenvalue weighted by Gasteiger charge is -2.21. The van der Waals surface area contributed by atoms with Crippen molar-refractivity contribution in [3.63, 3.8) is 0 Å². The van der Waals surface area contributed by atoms with Crippen molar-refractivity contribution < 1.29 is 19.1 Å². The van der Waals surface area contributed by atoms with Crippen LogP contribution in [0.2, 0.25) is 0 Å². The number of methoxy groups -OCH3 is 1. The first-order valence-electron chi connectivity index (χ1n) is 9.32. The summed E-state index contributed by atoms with van der Waals surface area (Å²) in [6.45, 7) is 4.84. The second kappa shape index (κ2) is 8.79. The summed E-state index contributed by atoms with van der Waals surface area (Å²) >= 11 is 0. The minimum absolute atomic E-state index is 0.0732. The average molecular weight is 396 g/mol. The Morgan fingerprint density at radius 3 is 2.59 bits per heavy atom. The van der Waals surface area contributed by atoms with E-state index in [1.54, 1.807) is 50.4 Å². The van der Waals surface area contributed by atoms with Crippen molar-refractivity contribution >= 4 is 22.6 Å². The van der Waals surface area contributed by atoms with Crippen LogP contribution in [0.25, 0.3) is 11.0 Å². The summed E-state index contributed by atoms with van der Waals surface area (Å²) < 4.78 is 10.4. The van der Waals surface area contributed by atoms with E-state index in [0.717, 1.165) is 10.9 Å². The molecule has 0 unspecified atom stereocenters. The smallest absolute Gasteiger partial charge is 0.336 e. The van der Waals surface area contributed by atoms with Crippen LogP contribution in [0.3, 0.4) is 0 Å². The number of rotatable bonds is 7. The number of hydrogen-bond donors (Lipinski definition) is 2. The van der Waals surface area contributed by atoms with E-state index in [1.165, 1.54) is 6.07 Å². The standard InChI is InChI=1S/C22H24N2O5/c1-4-24(13-20(26)23-16-5-7-17(28-3)8-6-16)12-15-11-21(27)29-22-14(2)19(25)10-9-18(15)22/h5-11,25H,4,12-13H2,1-3H3,(H,23,26). The van der Waals surface area contributed by atoms with Crippen molar-refractivity contribution in [3.05, 3.63) is 64.0 Å². The Morgan fingerprint density at radius 2 is 1.93 bits per heavy atom. The molecule has 3 aromatic rings. The molecule has 7 nitrogen and oxygen atoms in total. The Labute approximate surface area is 168 Å². The first kappa shape index (κ1) is 20.4. The fourth-order valence-electron chi connectivity index (χ4n) is 3.14. The van der Waals surface area contributed by atoms with Crippen LogP contribution in [0, 0.1) is 6.92 Å². The number of aryl methyl sites for hydroxylation is 1. The number of carbonyl (C=O) groups is 1. The summed E-state index contributed by atoms with van der Waals surface area (Å²) in [7, 11) is 1.59. The van der Waals surface area contributed by atoms with Crippen LogP contribution in [0.1, 0.15) is 18.1 Å². The maximum atomic E-state index is 12.5. The first-order chi connectivity index (χ1) is 13.9. The molecule has 7 heteroatoms. The van der Waals surface area contributed by atoms with Gasteiger partial charge >= 0.3 is 5.63 Å². The molecule has 0 saturated heterocycles. The first-order valence-corrected chi connectivity index (χ1v) is 9.32. The van der Waals surface area contributed by atoms with Gasteiger partial charge in [0, 0.05) is 29.2 Å². The zero-order valence-corrected chi connectivity index (χ0v) is 16.7. The summed E-state index contributed by atoms with van der Waals surface area (Å²) in [5.74, 6) is 0.636. The number of phenolic OH excluding ortho intramolecular Hbond substituents is 1. The molecule has 0 spiro atoms. The number of hydrogen-bond acceptors (Lipinski definition) is 6. The van der Waals surface area contributed by atoms with Crippen molar-refractivity contribution in [1.29, 1.82) is 0 Å². The molecule has 0 aliphatic carbocycles. The lowest BCUT2D eigenvalue weighted by Crippen LogP contribution is -2.33. The second-order valence-electron chi connectivity index (χ2n) is 6.76. The quantitative estimate of drug-likeness (QED) is 0.596. The predicted octanol–water partition coefficient (Wildman–Crippen LogP) is 3.28. The van der Waals surface area contributed by atoms with E-state index in [2.05, 4.69) is 5.32 Å². The van der Waals surface area contributed by atoms with Gasteiger partial charge in [-0.25, -0.2) is 4.79 Å². The number of anilines is 1. The maximum Gasteiger partial charge on any atom is 0.336 e. The molecule has 0 aliphatic rings. The second-order valence-corrected chi connectivity index (χ2v) is 6.76. The molecule has 29 heavy (non-hydrogen) atoms. The van der Waals surface area contributed by atoms with Crippen LogP contribution in [0.4, 0.5) is 5.69 Å². The predicted molar refractivity (Wildman–Crippen MR) is 111 cm³/mol. The topological polar surface area (TPSA) is 92.0 Å². The van der Waals surface area contributed by atoms with Gasteiger partial charge in [0.25, 0.3) is 0 Å². The summed E-state index contributed by atoms with van der Waals surface area (Å²) in [5.41, 5.74) is 1.83. The largest absolute Gasteiger partial charge is 0.508 e. The molecular formula is C22H24N2O5. The number of benzene rings is 2. The third-order valence-corrected chi connectivity index (χ3v) is 4.80. The molecule has 0 aliphatic heterocycles. The summed E-state index contributed by atoms with van der Waals surface area (Å²) in [5, 5.41) is 13.5. The van der Waals surface area contributed by atoms with E-state index in [9.17, 15) is 14.7 Å². The molecule has 1 aromatic heterocycles. The highest BCUT2D eigenvalue weighted by Crippen LogP contribution is 2.28. The fraction of sp³-hybridized carbons (Fsp3) is 0.273. The van der Waals surface area contributed by atoms with E-state index >= 15 is 0 Å². The minimum atomic E-state index is -0.486. The normalized spacial score (nSPS) is 11.0.